The minimum absolute atomic E-state index is 0.0797. The van der Waals surface area contributed by atoms with E-state index in [0.29, 0.717) is 28.3 Å². The van der Waals surface area contributed by atoms with Crippen molar-refractivity contribution < 1.29 is 19.1 Å². The molecule has 7 heteroatoms. The van der Waals surface area contributed by atoms with E-state index in [1.54, 1.807) is 6.07 Å². The second kappa shape index (κ2) is 5.88. The fraction of sp³-hybridized carbons (Fsp3) is 0.412. The molecule has 2 aromatic rings. The standard InChI is InChI=1S/C17H18BrFN2O3/c1-9(2)17(16(23)24)3-4-21(8-17)15(22)14-7-11-12(19)5-10(18)6-13(11)20-14/h5-7,9,20H,3-4,8H2,1-2H3,(H,23,24). The highest BCUT2D eigenvalue weighted by Gasteiger charge is 2.48. The molecule has 1 aromatic heterocycles. The SMILES string of the molecule is CC(C)C1(C(=O)O)CCN(C(=O)c2cc3c(F)cc(Br)cc3[nH]2)C1. The molecule has 128 valence electrons. The van der Waals surface area contributed by atoms with Gasteiger partial charge < -0.3 is 15.0 Å². The van der Waals surface area contributed by atoms with Crippen molar-refractivity contribution in [2.45, 2.75) is 20.3 Å². The number of amides is 1. The largest absolute Gasteiger partial charge is 0.481 e. The minimum atomic E-state index is -0.921. The molecule has 5 nitrogen and oxygen atoms in total. The van der Waals surface area contributed by atoms with Crippen molar-refractivity contribution in [2.24, 2.45) is 11.3 Å². The molecule has 1 aromatic carbocycles. The van der Waals surface area contributed by atoms with Crippen LogP contribution < -0.4 is 0 Å². The zero-order valence-corrected chi connectivity index (χ0v) is 15.0. The molecule has 0 spiro atoms. The number of hydrogen-bond acceptors (Lipinski definition) is 2. The van der Waals surface area contributed by atoms with Crippen molar-refractivity contribution >= 4 is 38.7 Å². The molecule has 2 heterocycles. The van der Waals surface area contributed by atoms with Crippen molar-refractivity contribution in [1.82, 2.24) is 9.88 Å². The van der Waals surface area contributed by atoms with Crippen LogP contribution in [0.5, 0.6) is 0 Å². The van der Waals surface area contributed by atoms with Crippen molar-refractivity contribution in [1.29, 1.82) is 0 Å². The maximum atomic E-state index is 14.0. The summed E-state index contributed by atoms with van der Waals surface area (Å²) < 4.78 is 14.6. The summed E-state index contributed by atoms with van der Waals surface area (Å²) in [7, 11) is 0. The van der Waals surface area contributed by atoms with Gasteiger partial charge in [-0.25, -0.2) is 4.39 Å². The Balaban J connectivity index is 1.91. The second-order valence-corrected chi connectivity index (χ2v) is 7.54. The van der Waals surface area contributed by atoms with Crippen LogP contribution in [0, 0.1) is 17.2 Å². The van der Waals surface area contributed by atoms with E-state index >= 15 is 0 Å². The Morgan fingerprint density at radius 2 is 2.08 bits per heavy atom. The molecule has 0 aliphatic carbocycles. The van der Waals surface area contributed by atoms with Crippen molar-refractivity contribution in [3.63, 3.8) is 0 Å². The number of benzene rings is 1. The number of carbonyl (C=O) groups is 2. The van der Waals surface area contributed by atoms with Gasteiger partial charge in [-0.1, -0.05) is 29.8 Å². The van der Waals surface area contributed by atoms with Crippen LogP contribution in [0.1, 0.15) is 30.8 Å². The summed E-state index contributed by atoms with van der Waals surface area (Å²) in [5.41, 5.74) is -0.125. The van der Waals surface area contributed by atoms with Gasteiger partial charge in [0.05, 0.1) is 10.9 Å². The van der Waals surface area contributed by atoms with Crippen LogP contribution in [0.4, 0.5) is 4.39 Å². The number of likely N-dealkylation sites (tertiary alicyclic amines) is 1. The molecule has 2 N–H and O–H groups in total. The molecular formula is C17H18BrFN2O3. The van der Waals surface area contributed by atoms with Crippen LogP contribution in [-0.2, 0) is 4.79 Å². The Labute approximate surface area is 147 Å². The third-order valence-corrected chi connectivity index (χ3v) is 5.46. The average Bonchev–Trinajstić information content (AvgIpc) is 3.11. The Kier molecular flexibility index (Phi) is 4.15. The van der Waals surface area contributed by atoms with Crippen LogP contribution in [0.2, 0.25) is 0 Å². The Morgan fingerprint density at radius 1 is 1.38 bits per heavy atom. The van der Waals surface area contributed by atoms with Gasteiger partial charge in [0.2, 0.25) is 0 Å². The van der Waals surface area contributed by atoms with Gasteiger partial charge in [0.15, 0.2) is 0 Å². The minimum Gasteiger partial charge on any atom is -0.481 e. The van der Waals surface area contributed by atoms with Crippen LogP contribution in [-0.4, -0.2) is 40.0 Å². The van der Waals surface area contributed by atoms with Crippen LogP contribution in [0.25, 0.3) is 10.9 Å². The number of halogens is 2. The first-order valence-corrected chi connectivity index (χ1v) is 8.54. The molecule has 0 bridgehead atoms. The number of carbonyl (C=O) groups excluding carboxylic acids is 1. The lowest BCUT2D eigenvalue weighted by molar-refractivity contribution is -0.150. The lowest BCUT2D eigenvalue weighted by Crippen LogP contribution is -2.40. The van der Waals surface area contributed by atoms with Gasteiger partial charge >= 0.3 is 5.97 Å². The highest BCUT2D eigenvalue weighted by atomic mass is 79.9. The zero-order valence-electron chi connectivity index (χ0n) is 13.4. The van der Waals surface area contributed by atoms with E-state index in [1.807, 2.05) is 13.8 Å². The number of aliphatic carboxylic acids is 1. The number of aromatic amines is 1. The van der Waals surface area contributed by atoms with E-state index < -0.39 is 17.2 Å². The Hall–Kier alpha value is -1.89. The highest BCUT2D eigenvalue weighted by molar-refractivity contribution is 9.10. The topological polar surface area (TPSA) is 73.4 Å². The number of H-pyrrole nitrogens is 1. The molecule has 0 radical (unpaired) electrons. The van der Waals surface area contributed by atoms with E-state index in [1.165, 1.54) is 17.0 Å². The fourth-order valence-electron chi connectivity index (χ4n) is 3.35. The maximum Gasteiger partial charge on any atom is 0.311 e. The van der Waals surface area contributed by atoms with Crippen molar-refractivity contribution in [2.75, 3.05) is 13.1 Å². The van der Waals surface area contributed by atoms with Gasteiger partial charge in [0, 0.05) is 22.9 Å². The predicted octanol–water partition coefficient (Wildman–Crippen LogP) is 3.64. The average molecular weight is 397 g/mol. The number of carboxylic acids is 1. The van der Waals surface area contributed by atoms with Gasteiger partial charge in [-0.15, -0.1) is 0 Å². The lowest BCUT2D eigenvalue weighted by Gasteiger charge is -2.28. The number of nitrogens with zero attached hydrogens (tertiary/aromatic N) is 1. The summed E-state index contributed by atoms with van der Waals surface area (Å²) in [6.45, 7) is 4.26. The number of hydrogen-bond donors (Lipinski definition) is 2. The molecule has 1 saturated heterocycles. The van der Waals surface area contributed by atoms with Gasteiger partial charge in [-0.2, -0.15) is 0 Å². The molecule has 1 fully saturated rings. The zero-order chi connectivity index (χ0) is 17.6. The summed E-state index contributed by atoms with van der Waals surface area (Å²) in [6, 6.07) is 4.53. The van der Waals surface area contributed by atoms with E-state index in [2.05, 4.69) is 20.9 Å². The molecule has 1 aliphatic rings. The van der Waals surface area contributed by atoms with Crippen LogP contribution in [0.3, 0.4) is 0 Å². The summed E-state index contributed by atoms with van der Waals surface area (Å²) in [5.74, 6) is -1.67. The number of nitrogens with one attached hydrogen (secondary N) is 1. The molecule has 24 heavy (non-hydrogen) atoms. The number of carboxylic acid groups (broad SMARTS) is 1. The van der Waals surface area contributed by atoms with Gasteiger partial charge in [0.25, 0.3) is 5.91 Å². The first-order valence-electron chi connectivity index (χ1n) is 7.75. The monoisotopic (exact) mass is 396 g/mol. The van der Waals surface area contributed by atoms with E-state index in [4.69, 9.17) is 0 Å². The maximum absolute atomic E-state index is 14.0. The molecule has 1 unspecified atom stereocenters. The number of fused-ring (bicyclic) bond motifs is 1. The quantitative estimate of drug-likeness (QED) is 0.831. The molecule has 1 amide bonds. The van der Waals surface area contributed by atoms with Crippen LogP contribution in [0.15, 0.2) is 22.7 Å². The van der Waals surface area contributed by atoms with Crippen LogP contribution >= 0.6 is 15.9 Å². The third-order valence-electron chi connectivity index (χ3n) is 5.00. The van der Waals surface area contributed by atoms with Gasteiger partial charge in [0.1, 0.15) is 11.5 Å². The Morgan fingerprint density at radius 3 is 2.67 bits per heavy atom. The van der Waals surface area contributed by atoms with Crippen molar-refractivity contribution in [3.8, 4) is 0 Å². The summed E-state index contributed by atoms with van der Waals surface area (Å²) in [6.07, 6.45) is 0.422. The van der Waals surface area contributed by atoms with E-state index in [9.17, 15) is 19.1 Å². The predicted molar refractivity (Wildman–Crippen MR) is 91.4 cm³/mol. The van der Waals surface area contributed by atoms with Gasteiger partial charge in [-0.05, 0) is 30.5 Å². The molecule has 1 atom stereocenters. The van der Waals surface area contributed by atoms with E-state index in [0.717, 1.165) is 0 Å². The second-order valence-electron chi connectivity index (χ2n) is 6.62. The smallest absolute Gasteiger partial charge is 0.311 e. The first-order chi connectivity index (χ1) is 11.2. The molecular weight excluding hydrogens is 379 g/mol. The number of aromatic nitrogens is 1. The number of rotatable bonds is 3. The van der Waals surface area contributed by atoms with Crippen molar-refractivity contribution in [3.05, 3.63) is 34.2 Å². The molecule has 0 saturated carbocycles. The fourth-order valence-corrected chi connectivity index (χ4v) is 3.78. The summed E-state index contributed by atoms with van der Waals surface area (Å²) in [4.78, 5) is 28.9. The third kappa shape index (κ3) is 2.60. The molecule has 3 rings (SSSR count). The molecule has 1 aliphatic heterocycles. The normalized spacial score (nSPS) is 21.0. The summed E-state index contributed by atoms with van der Waals surface area (Å²) in [5, 5.41) is 9.93. The van der Waals surface area contributed by atoms with E-state index in [-0.39, 0.29) is 24.1 Å². The first kappa shape index (κ1) is 17.0. The van der Waals surface area contributed by atoms with Gasteiger partial charge in [-0.3, -0.25) is 9.59 Å². The Bertz CT molecular complexity index is 833. The highest BCUT2D eigenvalue weighted by Crippen LogP contribution is 2.38. The lowest BCUT2D eigenvalue weighted by atomic mass is 9.76. The summed E-state index contributed by atoms with van der Waals surface area (Å²) >= 11 is 3.22.